The van der Waals surface area contributed by atoms with E-state index in [1.165, 1.54) is 10.6 Å². The van der Waals surface area contributed by atoms with Crippen LogP contribution in [0.2, 0.25) is 0 Å². The maximum atomic E-state index is 5.99. The zero-order valence-electron chi connectivity index (χ0n) is 15.0. The van der Waals surface area contributed by atoms with E-state index in [1.807, 2.05) is 6.92 Å². The number of rotatable bonds is 7. The van der Waals surface area contributed by atoms with Gasteiger partial charge in [-0.3, -0.25) is 0 Å². The molecule has 122 valence electrons. The lowest BCUT2D eigenvalue weighted by Gasteiger charge is -2.25. The van der Waals surface area contributed by atoms with Crippen molar-refractivity contribution in [3.63, 3.8) is 0 Å². The molecule has 3 nitrogen and oxygen atoms in total. The van der Waals surface area contributed by atoms with Gasteiger partial charge < -0.3 is 10.1 Å². The van der Waals surface area contributed by atoms with E-state index in [2.05, 4.69) is 53.8 Å². The van der Waals surface area contributed by atoms with Crippen LogP contribution in [0.25, 0.3) is 0 Å². The van der Waals surface area contributed by atoms with Gasteiger partial charge in [0.1, 0.15) is 10.6 Å². The lowest BCUT2D eigenvalue weighted by molar-refractivity contribution is -0.0325. The molecule has 21 heavy (non-hydrogen) atoms. The topological polar surface area (TPSA) is 34.1 Å². The van der Waals surface area contributed by atoms with E-state index >= 15 is 0 Å². The van der Waals surface area contributed by atoms with Crippen LogP contribution >= 0.6 is 11.3 Å². The molecule has 0 radical (unpaired) electrons. The Bertz CT molecular complexity index is 448. The number of hydrogen-bond acceptors (Lipinski definition) is 4. The molecule has 0 saturated carbocycles. The van der Waals surface area contributed by atoms with E-state index in [9.17, 15) is 0 Å². The van der Waals surface area contributed by atoms with Crippen molar-refractivity contribution in [3.8, 4) is 0 Å². The van der Waals surface area contributed by atoms with Gasteiger partial charge in [0.05, 0.1) is 5.69 Å². The summed E-state index contributed by atoms with van der Waals surface area (Å²) in [4.78, 5) is 6.27. The summed E-state index contributed by atoms with van der Waals surface area (Å²) in [6.45, 7) is 19.0. The fraction of sp³-hybridized carbons (Fsp3) is 0.824. The third kappa shape index (κ3) is 5.04. The molecule has 0 amide bonds. The molecule has 1 heterocycles. The summed E-state index contributed by atoms with van der Waals surface area (Å²) in [5, 5.41) is 4.69. The summed E-state index contributed by atoms with van der Waals surface area (Å²) in [6, 6.07) is 0. The highest BCUT2D eigenvalue weighted by atomic mass is 32.1. The molecular formula is C17H32N2OS. The number of nitrogens with one attached hydrogen (secondary N) is 1. The fourth-order valence-electron chi connectivity index (χ4n) is 2.15. The third-order valence-corrected chi connectivity index (χ3v) is 4.96. The highest BCUT2D eigenvalue weighted by Crippen LogP contribution is 2.36. The fourth-order valence-corrected chi connectivity index (χ4v) is 3.47. The lowest BCUT2D eigenvalue weighted by Crippen LogP contribution is -2.35. The summed E-state index contributed by atoms with van der Waals surface area (Å²) in [5.74, 6) is 0.439. The molecule has 0 spiro atoms. The predicted molar refractivity (Wildman–Crippen MR) is 92.1 cm³/mol. The SMILES string of the molecule is CCOC(C)(CC)c1nc(C(C)C)c(CNC(C)(C)C)s1. The van der Waals surface area contributed by atoms with Crippen LogP contribution < -0.4 is 5.32 Å². The van der Waals surface area contributed by atoms with Gasteiger partial charge in [0, 0.05) is 23.6 Å². The summed E-state index contributed by atoms with van der Waals surface area (Å²) in [7, 11) is 0. The second-order valence-corrected chi connectivity index (χ2v) is 8.19. The molecule has 1 rings (SSSR count). The van der Waals surface area contributed by atoms with Crippen molar-refractivity contribution in [2.24, 2.45) is 0 Å². The van der Waals surface area contributed by atoms with Crippen LogP contribution in [0, 0.1) is 0 Å². The predicted octanol–water partition coefficient (Wildman–Crippen LogP) is 4.82. The van der Waals surface area contributed by atoms with Crippen LogP contribution in [0.3, 0.4) is 0 Å². The molecule has 1 unspecified atom stereocenters. The molecule has 1 aromatic heterocycles. The standard InChI is InChI=1S/C17H32N2OS/c1-9-17(8,20-10-2)15-19-14(12(3)4)13(21-15)11-18-16(5,6)7/h12,18H,9-11H2,1-8H3. The molecule has 0 aliphatic carbocycles. The van der Waals surface area contributed by atoms with E-state index in [0.29, 0.717) is 5.92 Å². The van der Waals surface area contributed by atoms with E-state index in [0.717, 1.165) is 24.6 Å². The Kier molecular flexibility index (Phi) is 6.38. The first-order chi connectivity index (χ1) is 9.63. The molecule has 4 heteroatoms. The first-order valence-electron chi connectivity index (χ1n) is 8.02. The van der Waals surface area contributed by atoms with Crippen LogP contribution in [0.1, 0.15) is 83.3 Å². The van der Waals surface area contributed by atoms with Crippen LogP contribution in [0.15, 0.2) is 0 Å². The molecule has 1 N–H and O–H groups in total. The number of aromatic nitrogens is 1. The minimum absolute atomic E-state index is 0.117. The zero-order chi connectivity index (χ0) is 16.3. The van der Waals surface area contributed by atoms with Gasteiger partial charge in [-0.25, -0.2) is 4.98 Å². The second-order valence-electron chi connectivity index (χ2n) is 7.10. The zero-order valence-corrected chi connectivity index (χ0v) is 15.8. The minimum atomic E-state index is -0.261. The monoisotopic (exact) mass is 312 g/mol. The number of thiazole rings is 1. The van der Waals surface area contributed by atoms with Gasteiger partial charge in [-0.2, -0.15) is 0 Å². The van der Waals surface area contributed by atoms with E-state index < -0.39 is 0 Å². The van der Waals surface area contributed by atoms with Crippen LogP contribution in [-0.2, 0) is 16.9 Å². The van der Waals surface area contributed by atoms with Gasteiger partial charge in [-0.1, -0.05) is 20.8 Å². The molecular weight excluding hydrogens is 280 g/mol. The van der Waals surface area contributed by atoms with Crippen molar-refractivity contribution in [2.45, 2.75) is 85.4 Å². The Balaban J connectivity index is 3.09. The normalized spacial score (nSPS) is 15.5. The largest absolute Gasteiger partial charge is 0.368 e. The average molecular weight is 313 g/mol. The van der Waals surface area contributed by atoms with Crippen LogP contribution in [-0.4, -0.2) is 17.1 Å². The van der Waals surface area contributed by atoms with Crippen molar-refractivity contribution < 1.29 is 4.74 Å². The summed E-state index contributed by atoms with van der Waals surface area (Å²) < 4.78 is 5.99. The second kappa shape index (κ2) is 7.21. The Hall–Kier alpha value is -0.450. The molecule has 0 saturated heterocycles. The van der Waals surface area contributed by atoms with Crippen molar-refractivity contribution >= 4 is 11.3 Å². The van der Waals surface area contributed by atoms with E-state index in [-0.39, 0.29) is 11.1 Å². The number of hydrogen-bond donors (Lipinski definition) is 1. The highest BCUT2D eigenvalue weighted by molar-refractivity contribution is 7.11. The number of ether oxygens (including phenoxy) is 1. The Morgan fingerprint density at radius 1 is 1.19 bits per heavy atom. The quantitative estimate of drug-likeness (QED) is 0.784. The van der Waals surface area contributed by atoms with Gasteiger partial charge >= 0.3 is 0 Å². The minimum Gasteiger partial charge on any atom is -0.368 e. The summed E-state index contributed by atoms with van der Waals surface area (Å²) in [6.07, 6.45) is 0.942. The van der Waals surface area contributed by atoms with Crippen molar-refractivity contribution in [1.82, 2.24) is 10.3 Å². The smallest absolute Gasteiger partial charge is 0.125 e. The first-order valence-corrected chi connectivity index (χ1v) is 8.83. The Morgan fingerprint density at radius 3 is 2.24 bits per heavy atom. The van der Waals surface area contributed by atoms with Crippen molar-refractivity contribution in [2.75, 3.05) is 6.61 Å². The lowest BCUT2D eigenvalue weighted by atomic mass is 10.0. The van der Waals surface area contributed by atoms with Gasteiger partial charge in [0.25, 0.3) is 0 Å². The Morgan fingerprint density at radius 2 is 1.81 bits per heavy atom. The van der Waals surface area contributed by atoms with Gasteiger partial charge in [0.15, 0.2) is 0 Å². The molecule has 0 aliphatic heterocycles. The summed E-state index contributed by atoms with van der Waals surface area (Å²) in [5.41, 5.74) is 1.07. The molecule has 0 fully saturated rings. The van der Waals surface area contributed by atoms with Crippen LogP contribution in [0.4, 0.5) is 0 Å². The Labute approximate surface area is 134 Å². The molecule has 1 aromatic rings. The average Bonchev–Trinajstić information content (AvgIpc) is 2.80. The highest BCUT2D eigenvalue weighted by Gasteiger charge is 2.30. The maximum Gasteiger partial charge on any atom is 0.125 e. The molecule has 0 aliphatic rings. The molecule has 1 atom stereocenters. The third-order valence-electron chi connectivity index (χ3n) is 3.64. The van der Waals surface area contributed by atoms with Gasteiger partial charge in [-0.15, -0.1) is 11.3 Å². The van der Waals surface area contributed by atoms with E-state index in [1.54, 1.807) is 11.3 Å². The first kappa shape index (κ1) is 18.6. The van der Waals surface area contributed by atoms with Gasteiger partial charge in [-0.05, 0) is 47.0 Å². The molecule has 0 bridgehead atoms. The van der Waals surface area contributed by atoms with Crippen molar-refractivity contribution in [1.29, 1.82) is 0 Å². The van der Waals surface area contributed by atoms with E-state index in [4.69, 9.17) is 9.72 Å². The summed E-state index contributed by atoms with van der Waals surface area (Å²) >= 11 is 1.80. The van der Waals surface area contributed by atoms with Crippen LogP contribution in [0.5, 0.6) is 0 Å². The number of nitrogens with zero attached hydrogens (tertiary/aromatic N) is 1. The maximum absolute atomic E-state index is 5.99. The van der Waals surface area contributed by atoms with Gasteiger partial charge in [0.2, 0.25) is 0 Å². The van der Waals surface area contributed by atoms with Crippen molar-refractivity contribution in [3.05, 3.63) is 15.6 Å². The molecule has 0 aromatic carbocycles.